The SMILES string of the molecule is ClCCl.O=[PH](O)O.c1ccncc1. The van der Waals surface area contributed by atoms with Crippen molar-refractivity contribution in [3.8, 4) is 0 Å². The zero-order chi connectivity index (χ0) is 10.5. The standard InChI is InChI=1S/C5H5N.CH2Cl2.H3O3P/c1-2-4-6-5-3-1;2-1-3;1-4(2)3/h1-5H;1H2;4H,(H2,1,2,3). The minimum absolute atomic E-state index is 0.194. The molecule has 4 nitrogen and oxygen atoms in total. The Hall–Kier alpha value is -0.120. The number of hydrogen-bond acceptors (Lipinski definition) is 2. The van der Waals surface area contributed by atoms with E-state index < -0.39 is 8.25 Å². The molecule has 0 aliphatic rings. The van der Waals surface area contributed by atoms with Gasteiger partial charge in [-0.2, -0.15) is 0 Å². The molecule has 0 saturated carbocycles. The highest BCUT2D eigenvalue weighted by Gasteiger charge is 1.61. The summed E-state index contributed by atoms with van der Waals surface area (Å²) in [6, 6.07) is 5.72. The highest BCUT2D eigenvalue weighted by molar-refractivity contribution is 7.30. The molecule has 0 atom stereocenters. The van der Waals surface area contributed by atoms with E-state index in [2.05, 4.69) is 4.98 Å². The molecule has 1 aromatic heterocycles. The molecule has 7 heteroatoms. The lowest BCUT2D eigenvalue weighted by Crippen LogP contribution is -1.58. The highest BCUT2D eigenvalue weighted by atomic mass is 35.5. The summed E-state index contributed by atoms with van der Waals surface area (Å²) in [5.74, 6) is 0. The van der Waals surface area contributed by atoms with E-state index in [0.29, 0.717) is 0 Å². The van der Waals surface area contributed by atoms with Gasteiger partial charge >= 0.3 is 8.25 Å². The Bertz CT molecular complexity index is 170. The molecule has 0 bridgehead atoms. The molecule has 1 rings (SSSR count). The summed E-state index contributed by atoms with van der Waals surface area (Å²) in [4.78, 5) is 18.1. The van der Waals surface area contributed by atoms with Crippen molar-refractivity contribution in [3.05, 3.63) is 30.6 Å². The summed E-state index contributed by atoms with van der Waals surface area (Å²) in [5.41, 5.74) is 0. The third kappa shape index (κ3) is 33.5. The topological polar surface area (TPSA) is 70.4 Å². The minimum Gasteiger partial charge on any atom is -0.326 e. The van der Waals surface area contributed by atoms with Crippen LogP contribution in [0.1, 0.15) is 0 Å². The van der Waals surface area contributed by atoms with Gasteiger partial charge in [0.2, 0.25) is 0 Å². The third-order valence-electron chi connectivity index (χ3n) is 0.566. The van der Waals surface area contributed by atoms with Gasteiger partial charge in [-0.3, -0.25) is 9.55 Å². The first-order valence-corrected chi connectivity index (χ1v) is 5.41. The minimum atomic E-state index is -3.13. The Morgan fingerprint density at radius 3 is 1.54 bits per heavy atom. The number of nitrogens with zero attached hydrogens (tertiary/aromatic N) is 1. The zero-order valence-corrected chi connectivity index (χ0v) is 9.11. The van der Waals surface area contributed by atoms with Crippen molar-refractivity contribution in [3.63, 3.8) is 0 Å². The van der Waals surface area contributed by atoms with E-state index in [9.17, 15) is 0 Å². The van der Waals surface area contributed by atoms with Crippen molar-refractivity contribution in [2.45, 2.75) is 0 Å². The summed E-state index contributed by atoms with van der Waals surface area (Å²) in [7, 11) is -3.13. The normalized spacial score (nSPS) is 7.77. The molecule has 13 heavy (non-hydrogen) atoms. The fourth-order valence-corrected chi connectivity index (χ4v) is 0.313. The highest BCUT2D eigenvalue weighted by Crippen LogP contribution is 1.98. The maximum atomic E-state index is 8.74. The lowest BCUT2D eigenvalue weighted by atomic mass is 10.5. The molecule has 2 N–H and O–H groups in total. The van der Waals surface area contributed by atoms with Crippen LogP contribution in [0.4, 0.5) is 0 Å². The lowest BCUT2D eigenvalue weighted by molar-refractivity contribution is 0.405. The van der Waals surface area contributed by atoms with Gasteiger partial charge in [0.05, 0.1) is 5.34 Å². The van der Waals surface area contributed by atoms with Crippen molar-refractivity contribution >= 4 is 31.5 Å². The lowest BCUT2D eigenvalue weighted by Gasteiger charge is -1.70. The maximum absolute atomic E-state index is 8.74. The van der Waals surface area contributed by atoms with Crippen LogP contribution in [0.25, 0.3) is 0 Å². The van der Waals surface area contributed by atoms with Crippen molar-refractivity contribution < 1.29 is 14.4 Å². The van der Waals surface area contributed by atoms with Gasteiger partial charge in [0.1, 0.15) is 0 Å². The van der Waals surface area contributed by atoms with Crippen LogP contribution in [-0.2, 0) is 4.57 Å². The van der Waals surface area contributed by atoms with E-state index in [1.54, 1.807) is 12.4 Å². The Balaban J connectivity index is 0. The Morgan fingerprint density at radius 1 is 1.15 bits per heavy atom. The van der Waals surface area contributed by atoms with Gasteiger partial charge in [0, 0.05) is 12.4 Å². The first-order chi connectivity index (χ1) is 6.15. The second kappa shape index (κ2) is 14.4. The summed E-state index contributed by atoms with van der Waals surface area (Å²) >= 11 is 9.53. The van der Waals surface area contributed by atoms with E-state index in [4.69, 9.17) is 37.6 Å². The second-order valence-electron chi connectivity index (χ2n) is 1.41. The van der Waals surface area contributed by atoms with Crippen LogP contribution < -0.4 is 0 Å². The van der Waals surface area contributed by atoms with Crippen molar-refractivity contribution in [2.75, 3.05) is 5.34 Å². The molecule has 76 valence electrons. The molecule has 0 fully saturated rings. The monoisotopic (exact) mass is 245 g/mol. The third-order valence-corrected chi connectivity index (χ3v) is 0.566. The molecule has 0 unspecified atom stereocenters. The fraction of sp³-hybridized carbons (Fsp3) is 0.167. The first kappa shape index (κ1) is 15.4. The zero-order valence-electron chi connectivity index (χ0n) is 6.60. The van der Waals surface area contributed by atoms with Crippen molar-refractivity contribution in [1.82, 2.24) is 4.98 Å². The van der Waals surface area contributed by atoms with E-state index in [0.717, 1.165) is 0 Å². The number of aromatic nitrogens is 1. The molecular formula is C6H10Cl2NO3P. The van der Waals surface area contributed by atoms with Gasteiger partial charge in [-0.15, -0.1) is 23.2 Å². The fourth-order valence-electron chi connectivity index (χ4n) is 0.313. The molecule has 0 aromatic carbocycles. The van der Waals surface area contributed by atoms with Crippen LogP contribution in [0.15, 0.2) is 30.6 Å². The van der Waals surface area contributed by atoms with E-state index in [-0.39, 0.29) is 5.34 Å². The molecule has 0 aliphatic carbocycles. The first-order valence-electron chi connectivity index (χ1n) is 3.04. The predicted octanol–water partition coefficient (Wildman–Crippen LogP) is 1.86. The molecule has 0 spiro atoms. The Morgan fingerprint density at radius 2 is 1.46 bits per heavy atom. The number of alkyl halides is 2. The molecule has 0 amide bonds. The molecule has 1 heterocycles. The molecule has 0 aliphatic heterocycles. The van der Waals surface area contributed by atoms with Crippen LogP contribution in [0.2, 0.25) is 0 Å². The van der Waals surface area contributed by atoms with Gasteiger partial charge in [0.25, 0.3) is 0 Å². The average molecular weight is 246 g/mol. The second-order valence-corrected chi connectivity index (χ2v) is 2.78. The number of halogens is 2. The van der Waals surface area contributed by atoms with Crippen molar-refractivity contribution in [2.24, 2.45) is 0 Å². The summed E-state index contributed by atoms with van der Waals surface area (Å²) in [5, 5.41) is 0.194. The van der Waals surface area contributed by atoms with Crippen LogP contribution in [-0.4, -0.2) is 20.1 Å². The number of rotatable bonds is 0. The van der Waals surface area contributed by atoms with Gasteiger partial charge in [0.15, 0.2) is 0 Å². The summed E-state index contributed by atoms with van der Waals surface area (Å²) in [6.45, 7) is 0. The predicted molar refractivity (Wildman–Crippen MR) is 54.2 cm³/mol. The Kier molecular flexibility index (Phi) is 17.0. The van der Waals surface area contributed by atoms with Crippen LogP contribution in [0, 0.1) is 0 Å². The van der Waals surface area contributed by atoms with Crippen LogP contribution in [0.5, 0.6) is 0 Å². The van der Waals surface area contributed by atoms with E-state index >= 15 is 0 Å². The molecule has 0 radical (unpaired) electrons. The Labute approximate surface area is 87.1 Å². The van der Waals surface area contributed by atoms with Gasteiger partial charge in [-0.1, -0.05) is 6.07 Å². The largest absolute Gasteiger partial charge is 0.326 e. The molecular weight excluding hydrogens is 236 g/mol. The van der Waals surface area contributed by atoms with Crippen molar-refractivity contribution in [1.29, 1.82) is 0 Å². The van der Waals surface area contributed by atoms with Gasteiger partial charge in [-0.25, -0.2) is 0 Å². The van der Waals surface area contributed by atoms with Gasteiger partial charge < -0.3 is 9.79 Å². The molecule has 0 saturated heterocycles. The average Bonchev–Trinajstić information content (AvgIpc) is 2.08. The van der Waals surface area contributed by atoms with Crippen LogP contribution >= 0.6 is 31.5 Å². The quantitative estimate of drug-likeness (QED) is 0.541. The summed E-state index contributed by atoms with van der Waals surface area (Å²) < 4.78 is 8.74. The van der Waals surface area contributed by atoms with Gasteiger partial charge in [-0.05, 0) is 12.1 Å². The smallest absolute Gasteiger partial charge is 0.314 e. The van der Waals surface area contributed by atoms with E-state index in [1.165, 1.54) is 0 Å². The number of hydrogen-bond donors (Lipinski definition) is 2. The molecule has 1 aromatic rings. The van der Waals surface area contributed by atoms with E-state index in [1.807, 2.05) is 18.2 Å². The summed E-state index contributed by atoms with van der Waals surface area (Å²) in [6.07, 6.45) is 3.50. The maximum Gasteiger partial charge on any atom is 0.314 e. The van der Waals surface area contributed by atoms with Crippen LogP contribution in [0.3, 0.4) is 0 Å². The number of pyridine rings is 1.